The molecule has 0 bridgehead atoms. The number of amides is 1. The second-order valence-corrected chi connectivity index (χ2v) is 5.67. The molecule has 0 saturated carbocycles. The van der Waals surface area contributed by atoms with E-state index < -0.39 is 0 Å². The molecule has 21 heavy (non-hydrogen) atoms. The second kappa shape index (κ2) is 8.03. The monoisotopic (exact) mass is 291 g/mol. The van der Waals surface area contributed by atoms with Gasteiger partial charge in [-0.2, -0.15) is 0 Å². The Labute approximate surface area is 126 Å². The summed E-state index contributed by atoms with van der Waals surface area (Å²) in [7, 11) is 1.67. The summed E-state index contributed by atoms with van der Waals surface area (Å²) < 4.78 is 10.5. The zero-order chi connectivity index (χ0) is 15.1. The van der Waals surface area contributed by atoms with Gasteiger partial charge in [-0.3, -0.25) is 4.79 Å². The lowest BCUT2D eigenvalue weighted by atomic mass is 9.97. The summed E-state index contributed by atoms with van der Waals surface area (Å²) in [5.74, 6) is 1.46. The molecule has 4 heteroatoms. The van der Waals surface area contributed by atoms with Crippen molar-refractivity contribution in [3.05, 3.63) is 29.8 Å². The summed E-state index contributed by atoms with van der Waals surface area (Å²) in [6.45, 7) is 4.25. The normalized spacial score (nSPS) is 19.8. The van der Waals surface area contributed by atoms with E-state index in [0.717, 1.165) is 31.6 Å². The highest BCUT2D eigenvalue weighted by atomic mass is 16.5. The average molecular weight is 291 g/mol. The number of hydrogen-bond acceptors (Lipinski definition) is 3. The molecular formula is C17H25NO3. The Kier molecular flexibility index (Phi) is 6.05. The minimum absolute atomic E-state index is 0.0371. The number of carbonyl (C=O) groups excluding carboxylic acids is 1. The van der Waals surface area contributed by atoms with Crippen LogP contribution in [0.15, 0.2) is 24.3 Å². The van der Waals surface area contributed by atoms with Gasteiger partial charge in [0.2, 0.25) is 5.91 Å². The molecule has 0 aliphatic carbocycles. The van der Waals surface area contributed by atoms with Gasteiger partial charge in [-0.05, 0) is 42.9 Å². The molecule has 1 amide bonds. The van der Waals surface area contributed by atoms with E-state index in [1.165, 1.54) is 5.56 Å². The van der Waals surface area contributed by atoms with Gasteiger partial charge in [-0.1, -0.05) is 19.1 Å². The van der Waals surface area contributed by atoms with Gasteiger partial charge in [0.1, 0.15) is 5.75 Å². The summed E-state index contributed by atoms with van der Waals surface area (Å²) in [4.78, 5) is 12.0. The molecule has 0 spiro atoms. The van der Waals surface area contributed by atoms with Crippen molar-refractivity contribution >= 4 is 5.91 Å². The van der Waals surface area contributed by atoms with Crippen molar-refractivity contribution in [2.45, 2.75) is 32.1 Å². The van der Waals surface area contributed by atoms with Gasteiger partial charge in [0.05, 0.1) is 19.6 Å². The lowest BCUT2D eigenvalue weighted by Gasteiger charge is -2.21. The van der Waals surface area contributed by atoms with Gasteiger partial charge in [0.15, 0.2) is 0 Å². The lowest BCUT2D eigenvalue weighted by Crippen LogP contribution is -2.36. The Hall–Kier alpha value is -1.55. The van der Waals surface area contributed by atoms with Crippen LogP contribution in [0.25, 0.3) is 0 Å². The van der Waals surface area contributed by atoms with Crippen LogP contribution in [0.4, 0.5) is 0 Å². The van der Waals surface area contributed by atoms with Gasteiger partial charge in [0, 0.05) is 13.2 Å². The Morgan fingerprint density at radius 3 is 2.81 bits per heavy atom. The maximum atomic E-state index is 12.0. The molecule has 2 atom stereocenters. The maximum absolute atomic E-state index is 12.0. The van der Waals surface area contributed by atoms with Gasteiger partial charge in [-0.15, -0.1) is 0 Å². The topological polar surface area (TPSA) is 47.6 Å². The van der Waals surface area contributed by atoms with Gasteiger partial charge < -0.3 is 14.8 Å². The predicted molar refractivity (Wildman–Crippen MR) is 82.6 cm³/mol. The summed E-state index contributed by atoms with van der Waals surface area (Å²) >= 11 is 0. The van der Waals surface area contributed by atoms with Gasteiger partial charge >= 0.3 is 0 Å². The van der Waals surface area contributed by atoms with Crippen LogP contribution in [-0.4, -0.2) is 32.8 Å². The van der Waals surface area contributed by atoms with Crippen LogP contribution in [0.2, 0.25) is 0 Å². The van der Waals surface area contributed by atoms with E-state index in [2.05, 4.69) is 24.4 Å². The highest BCUT2D eigenvalue weighted by Gasteiger charge is 2.21. The highest BCUT2D eigenvalue weighted by Crippen LogP contribution is 2.21. The van der Waals surface area contributed by atoms with Crippen LogP contribution in [0.3, 0.4) is 0 Å². The quantitative estimate of drug-likeness (QED) is 0.876. The second-order valence-electron chi connectivity index (χ2n) is 5.67. The number of nitrogens with one attached hydrogen (secondary N) is 1. The molecule has 4 nitrogen and oxygen atoms in total. The van der Waals surface area contributed by atoms with E-state index in [1.807, 2.05) is 12.1 Å². The number of ether oxygens (including phenoxy) is 2. The molecule has 1 saturated heterocycles. The van der Waals surface area contributed by atoms with E-state index in [1.54, 1.807) is 7.11 Å². The van der Waals surface area contributed by atoms with Crippen molar-refractivity contribution in [3.63, 3.8) is 0 Å². The zero-order valence-corrected chi connectivity index (χ0v) is 12.9. The van der Waals surface area contributed by atoms with E-state index in [9.17, 15) is 4.79 Å². The first-order valence-electron chi connectivity index (χ1n) is 7.70. The molecule has 0 radical (unpaired) electrons. The van der Waals surface area contributed by atoms with Crippen LogP contribution in [0, 0.1) is 5.92 Å². The van der Waals surface area contributed by atoms with Crippen LogP contribution < -0.4 is 10.1 Å². The first-order chi connectivity index (χ1) is 10.2. The fourth-order valence-electron chi connectivity index (χ4n) is 2.60. The smallest absolute Gasteiger partial charge is 0.225 e. The summed E-state index contributed by atoms with van der Waals surface area (Å²) in [6.07, 6.45) is 2.87. The maximum Gasteiger partial charge on any atom is 0.225 e. The summed E-state index contributed by atoms with van der Waals surface area (Å²) in [5.41, 5.74) is 1.27. The van der Waals surface area contributed by atoms with Crippen molar-refractivity contribution in [1.82, 2.24) is 5.32 Å². The zero-order valence-electron chi connectivity index (χ0n) is 12.9. The fourth-order valence-corrected chi connectivity index (χ4v) is 2.60. The van der Waals surface area contributed by atoms with E-state index in [0.29, 0.717) is 19.1 Å². The molecule has 1 aromatic rings. The number of rotatable bonds is 6. The van der Waals surface area contributed by atoms with Crippen molar-refractivity contribution < 1.29 is 14.3 Å². The molecule has 1 heterocycles. The fraction of sp³-hybridized carbons (Fsp3) is 0.588. The van der Waals surface area contributed by atoms with Crippen LogP contribution in [0.1, 0.15) is 37.7 Å². The van der Waals surface area contributed by atoms with E-state index in [4.69, 9.17) is 9.47 Å². The lowest BCUT2D eigenvalue weighted by molar-refractivity contribution is -0.128. The number of hydrogen-bond donors (Lipinski definition) is 1. The van der Waals surface area contributed by atoms with Crippen molar-refractivity contribution in [3.8, 4) is 5.75 Å². The van der Waals surface area contributed by atoms with Crippen molar-refractivity contribution in [2.75, 3.05) is 26.9 Å². The molecule has 0 aromatic heterocycles. The minimum Gasteiger partial charge on any atom is -0.497 e. The van der Waals surface area contributed by atoms with E-state index >= 15 is 0 Å². The van der Waals surface area contributed by atoms with Crippen molar-refractivity contribution in [1.29, 1.82) is 0 Å². The number of carbonyl (C=O) groups is 1. The first-order valence-corrected chi connectivity index (χ1v) is 7.70. The molecule has 2 rings (SSSR count). The molecule has 2 unspecified atom stereocenters. The summed E-state index contributed by atoms with van der Waals surface area (Å²) in [6, 6.07) is 8.12. The molecule has 1 N–H and O–H groups in total. The third kappa shape index (κ3) is 4.74. The Balaban J connectivity index is 1.72. The Morgan fingerprint density at radius 2 is 2.19 bits per heavy atom. The predicted octanol–water partition coefficient (Wildman–Crippen LogP) is 2.73. The van der Waals surface area contributed by atoms with E-state index in [-0.39, 0.29) is 11.8 Å². The SMILES string of the molecule is COc1ccc(C(C)CCNC(=O)C2CCCOC2)cc1. The standard InChI is InChI=1S/C17H25NO3/c1-13(14-5-7-16(20-2)8-6-14)9-10-18-17(19)15-4-3-11-21-12-15/h5-8,13,15H,3-4,9-12H2,1-2H3,(H,18,19). The number of benzene rings is 1. The van der Waals surface area contributed by atoms with Crippen molar-refractivity contribution in [2.24, 2.45) is 5.92 Å². The molecule has 116 valence electrons. The van der Waals surface area contributed by atoms with Gasteiger partial charge in [0.25, 0.3) is 0 Å². The Bertz CT molecular complexity index is 438. The molecule has 1 aliphatic heterocycles. The molecule has 1 aliphatic rings. The average Bonchev–Trinajstić information content (AvgIpc) is 2.55. The highest BCUT2D eigenvalue weighted by molar-refractivity contribution is 5.78. The first kappa shape index (κ1) is 15.8. The Morgan fingerprint density at radius 1 is 1.43 bits per heavy atom. The number of methoxy groups -OCH3 is 1. The molecular weight excluding hydrogens is 266 g/mol. The minimum atomic E-state index is 0.0371. The third-order valence-corrected chi connectivity index (χ3v) is 4.09. The third-order valence-electron chi connectivity index (χ3n) is 4.09. The van der Waals surface area contributed by atoms with Crippen LogP contribution in [0.5, 0.6) is 5.75 Å². The molecule has 1 aromatic carbocycles. The largest absolute Gasteiger partial charge is 0.497 e. The van der Waals surface area contributed by atoms with Gasteiger partial charge in [-0.25, -0.2) is 0 Å². The summed E-state index contributed by atoms with van der Waals surface area (Å²) in [5, 5.41) is 3.03. The van der Waals surface area contributed by atoms with Crippen LogP contribution >= 0.6 is 0 Å². The van der Waals surface area contributed by atoms with Crippen LogP contribution in [-0.2, 0) is 9.53 Å². The molecule has 1 fully saturated rings.